The van der Waals surface area contributed by atoms with Gasteiger partial charge in [-0.1, -0.05) is 12.1 Å². The van der Waals surface area contributed by atoms with Crippen LogP contribution in [0.15, 0.2) is 70.7 Å². The van der Waals surface area contributed by atoms with Gasteiger partial charge in [0.15, 0.2) is 5.11 Å². The molecule has 1 aliphatic rings. The van der Waals surface area contributed by atoms with Gasteiger partial charge in [-0.3, -0.25) is 14.9 Å². The third-order valence-corrected chi connectivity index (χ3v) is 4.75. The molecule has 150 valence electrons. The lowest BCUT2D eigenvalue weighted by Crippen LogP contribution is -2.54. The zero-order valence-corrected chi connectivity index (χ0v) is 16.5. The van der Waals surface area contributed by atoms with E-state index in [0.29, 0.717) is 28.5 Å². The number of halogens is 1. The first-order chi connectivity index (χ1) is 14.5. The van der Waals surface area contributed by atoms with Crippen LogP contribution in [0.3, 0.4) is 0 Å². The van der Waals surface area contributed by atoms with Crippen molar-refractivity contribution in [3.63, 3.8) is 0 Å². The van der Waals surface area contributed by atoms with Gasteiger partial charge in [0.05, 0.1) is 12.8 Å². The molecular weight excluding hydrogens is 407 g/mol. The summed E-state index contributed by atoms with van der Waals surface area (Å²) in [4.78, 5) is 26.7. The Bertz CT molecular complexity index is 1180. The Morgan fingerprint density at radius 1 is 1.07 bits per heavy atom. The average molecular weight is 422 g/mol. The number of anilines is 1. The molecule has 0 bridgehead atoms. The van der Waals surface area contributed by atoms with Gasteiger partial charge in [0, 0.05) is 5.56 Å². The average Bonchev–Trinajstić information content (AvgIpc) is 3.20. The number of carbonyl (C=O) groups excluding carboxylic acids is 2. The number of amides is 2. The van der Waals surface area contributed by atoms with Crippen molar-refractivity contribution in [2.75, 3.05) is 12.0 Å². The number of nitrogens with one attached hydrogen (secondary N) is 1. The molecule has 30 heavy (non-hydrogen) atoms. The van der Waals surface area contributed by atoms with Crippen LogP contribution < -0.4 is 15.0 Å². The van der Waals surface area contributed by atoms with Crippen molar-refractivity contribution in [2.45, 2.75) is 0 Å². The highest BCUT2D eigenvalue weighted by Gasteiger charge is 2.36. The van der Waals surface area contributed by atoms with Crippen LogP contribution in [0.2, 0.25) is 0 Å². The van der Waals surface area contributed by atoms with E-state index in [1.165, 1.54) is 30.2 Å². The molecule has 1 saturated heterocycles. The maximum Gasteiger partial charge on any atom is 0.270 e. The van der Waals surface area contributed by atoms with Crippen molar-refractivity contribution in [3.05, 3.63) is 77.8 Å². The second-order valence-electron chi connectivity index (χ2n) is 6.34. The minimum absolute atomic E-state index is 0.0434. The van der Waals surface area contributed by atoms with E-state index >= 15 is 0 Å². The van der Waals surface area contributed by atoms with Gasteiger partial charge < -0.3 is 9.15 Å². The van der Waals surface area contributed by atoms with E-state index in [2.05, 4.69) is 5.32 Å². The fourth-order valence-electron chi connectivity index (χ4n) is 3.03. The molecule has 1 N–H and O–H groups in total. The van der Waals surface area contributed by atoms with E-state index < -0.39 is 11.8 Å². The predicted molar refractivity (Wildman–Crippen MR) is 113 cm³/mol. The summed E-state index contributed by atoms with van der Waals surface area (Å²) in [6, 6.07) is 15.9. The van der Waals surface area contributed by atoms with Crippen LogP contribution in [-0.4, -0.2) is 24.0 Å². The van der Waals surface area contributed by atoms with Crippen LogP contribution in [0.25, 0.3) is 17.4 Å². The molecule has 0 spiro atoms. The molecule has 3 aromatic rings. The van der Waals surface area contributed by atoms with Crippen molar-refractivity contribution >= 4 is 40.9 Å². The number of ether oxygens (including phenoxy) is 1. The van der Waals surface area contributed by atoms with Gasteiger partial charge in [0.25, 0.3) is 11.8 Å². The number of benzene rings is 2. The molecule has 2 heterocycles. The predicted octanol–water partition coefficient (Wildman–Crippen LogP) is 3.93. The van der Waals surface area contributed by atoms with E-state index in [9.17, 15) is 14.0 Å². The number of furan rings is 1. The highest BCUT2D eigenvalue weighted by atomic mass is 32.1. The lowest BCUT2D eigenvalue weighted by atomic mass is 10.1. The summed E-state index contributed by atoms with van der Waals surface area (Å²) >= 11 is 5.20. The van der Waals surface area contributed by atoms with Crippen LogP contribution in [-0.2, 0) is 9.59 Å². The number of hydrogen-bond acceptors (Lipinski definition) is 5. The molecule has 0 aliphatic carbocycles. The number of para-hydroxylation sites is 2. The topological polar surface area (TPSA) is 71.8 Å². The summed E-state index contributed by atoms with van der Waals surface area (Å²) in [5, 5.41) is 2.47. The Balaban J connectivity index is 1.69. The first-order valence-corrected chi connectivity index (χ1v) is 9.29. The molecular formula is C22H15FN2O4S. The van der Waals surface area contributed by atoms with Crippen LogP contribution in [0, 0.1) is 5.82 Å². The molecule has 6 nitrogen and oxygen atoms in total. The van der Waals surface area contributed by atoms with Gasteiger partial charge in [-0.15, -0.1) is 0 Å². The summed E-state index contributed by atoms with van der Waals surface area (Å²) in [7, 11) is 1.48. The first kappa shape index (κ1) is 19.5. The molecule has 0 atom stereocenters. The number of hydrogen-bond donors (Lipinski definition) is 1. The molecule has 0 radical (unpaired) electrons. The SMILES string of the molecule is COc1ccccc1N1C(=O)/C(=C/c2ccc(-c3ccc(F)cc3)o2)C(=O)NC1=S. The lowest BCUT2D eigenvalue weighted by Gasteiger charge is -2.29. The van der Waals surface area contributed by atoms with Crippen LogP contribution in [0.4, 0.5) is 10.1 Å². The van der Waals surface area contributed by atoms with E-state index in [4.69, 9.17) is 21.4 Å². The van der Waals surface area contributed by atoms with Gasteiger partial charge in [0.2, 0.25) is 0 Å². The van der Waals surface area contributed by atoms with Gasteiger partial charge >= 0.3 is 0 Å². The van der Waals surface area contributed by atoms with Gasteiger partial charge in [-0.25, -0.2) is 9.29 Å². The second-order valence-corrected chi connectivity index (χ2v) is 6.73. The summed E-state index contributed by atoms with van der Waals surface area (Å²) in [6.07, 6.45) is 1.34. The number of nitrogens with zero attached hydrogens (tertiary/aromatic N) is 1. The summed E-state index contributed by atoms with van der Waals surface area (Å²) in [5.41, 5.74) is 0.930. The molecule has 0 unspecified atom stereocenters. The quantitative estimate of drug-likeness (QED) is 0.392. The maximum atomic E-state index is 13.1. The Labute approximate surface area is 176 Å². The summed E-state index contributed by atoms with van der Waals surface area (Å²) < 4.78 is 24.1. The Kier molecular flexibility index (Phi) is 5.16. The zero-order chi connectivity index (χ0) is 21.3. The number of thiocarbonyl (C=S) groups is 1. The van der Waals surface area contributed by atoms with Crippen LogP contribution in [0.1, 0.15) is 5.76 Å². The van der Waals surface area contributed by atoms with Crippen molar-refractivity contribution < 1.29 is 23.1 Å². The Hall–Kier alpha value is -3.78. The van der Waals surface area contributed by atoms with Crippen LogP contribution >= 0.6 is 12.2 Å². The molecule has 4 rings (SSSR count). The van der Waals surface area contributed by atoms with Gasteiger partial charge in [0.1, 0.15) is 28.7 Å². The largest absolute Gasteiger partial charge is 0.495 e. The monoisotopic (exact) mass is 422 g/mol. The molecule has 1 aliphatic heterocycles. The van der Waals surface area contributed by atoms with Crippen LogP contribution in [0.5, 0.6) is 5.75 Å². The van der Waals surface area contributed by atoms with Gasteiger partial charge in [-0.05, 0) is 66.8 Å². The number of carbonyl (C=O) groups is 2. The third kappa shape index (κ3) is 3.60. The Morgan fingerprint density at radius 2 is 1.80 bits per heavy atom. The fraction of sp³-hybridized carbons (Fsp3) is 0.0455. The highest BCUT2D eigenvalue weighted by molar-refractivity contribution is 7.80. The third-order valence-electron chi connectivity index (χ3n) is 4.47. The molecule has 1 fully saturated rings. The summed E-state index contributed by atoms with van der Waals surface area (Å²) in [5.74, 6) is -0.392. The number of methoxy groups -OCH3 is 1. The molecule has 0 saturated carbocycles. The first-order valence-electron chi connectivity index (χ1n) is 8.88. The maximum absolute atomic E-state index is 13.1. The van der Waals surface area contributed by atoms with E-state index in [0.717, 1.165) is 0 Å². The highest BCUT2D eigenvalue weighted by Crippen LogP contribution is 2.31. The van der Waals surface area contributed by atoms with E-state index in [1.807, 2.05) is 0 Å². The summed E-state index contributed by atoms with van der Waals surface area (Å²) in [6.45, 7) is 0. The minimum Gasteiger partial charge on any atom is -0.495 e. The van der Waals surface area contributed by atoms with Crippen molar-refractivity contribution in [1.82, 2.24) is 5.32 Å². The van der Waals surface area contributed by atoms with Crippen molar-refractivity contribution in [1.29, 1.82) is 0 Å². The zero-order valence-electron chi connectivity index (χ0n) is 15.7. The van der Waals surface area contributed by atoms with E-state index in [1.54, 1.807) is 48.5 Å². The standard InChI is InChI=1S/C22H15FN2O4S/c1-28-19-5-3-2-4-17(19)25-21(27)16(20(26)24-22(25)30)12-15-10-11-18(29-15)13-6-8-14(23)9-7-13/h2-12H,1H3,(H,24,26,30)/b16-12+. The smallest absolute Gasteiger partial charge is 0.270 e. The molecule has 8 heteroatoms. The normalized spacial score (nSPS) is 15.5. The molecule has 2 aromatic carbocycles. The number of rotatable bonds is 4. The molecule has 2 amide bonds. The minimum atomic E-state index is -0.629. The van der Waals surface area contributed by atoms with Crippen molar-refractivity contribution in [2.24, 2.45) is 0 Å². The van der Waals surface area contributed by atoms with Gasteiger partial charge in [-0.2, -0.15) is 0 Å². The second kappa shape index (κ2) is 7.92. The lowest BCUT2D eigenvalue weighted by molar-refractivity contribution is -0.122. The molecule has 1 aromatic heterocycles. The Morgan fingerprint density at radius 3 is 2.53 bits per heavy atom. The van der Waals surface area contributed by atoms with E-state index in [-0.39, 0.29) is 16.5 Å². The van der Waals surface area contributed by atoms with Crippen molar-refractivity contribution in [3.8, 4) is 17.1 Å². The fourth-order valence-corrected chi connectivity index (χ4v) is 3.31.